The monoisotopic (exact) mass is 330 g/mol. The van der Waals surface area contributed by atoms with Gasteiger partial charge in [0.15, 0.2) is 0 Å². The Morgan fingerprint density at radius 3 is 2.64 bits per heavy atom. The molecule has 0 bridgehead atoms. The number of ether oxygens (including phenoxy) is 1. The Hall–Kier alpha value is -1.78. The lowest BCUT2D eigenvalue weighted by atomic mass is 10.1. The second-order valence-corrected chi connectivity index (χ2v) is 11.8. The third kappa shape index (κ3) is 2.64. The number of pyridine rings is 1. The van der Waals surface area contributed by atoms with Crippen LogP contribution in [-0.4, -0.2) is 25.2 Å². The average molecular weight is 331 g/mol. The van der Waals surface area contributed by atoms with E-state index in [1.165, 1.54) is 10.9 Å². The van der Waals surface area contributed by atoms with Gasteiger partial charge >= 0.3 is 0 Å². The smallest absolute Gasteiger partial charge is 0.131 e. The van der Waals surface area contributed by atoms with Gasteiger partial charge in [0.1, 0.15) is 10.9 Å². The van der Waals surface area contributed by atoms with Crippen molar-refractivity contribution in [2.75, 3.05) is 7.11 Å². The molecule has 1 aromatic carbocycles. The summed E-state index contributed by atoms with van der Waals surface area (Å²) in [6, 6.07) is 10.1. The largest absolute Gasteiger partial charge is 0.497 e. The maximum Gasteiger partial charge on any atom is 0.131 e. The van der Waals surface area contributed by atoms with Crippen LogP contribution in [0.3, 0.4) is 0 Å². The van der Waals surface area contributed by atoms with Crippen molar-refractivity contribution < 1.29 is 4.74 Å². The Morgan fingerprint density at radius 1 is 1.18 bits per heavy atom. The Labute approximate surface area is 136 Å². The molecule has 0 aliphatic rings. The second-order valence-electron chi connectivity index (χ2n) is 6.41. The first-order valence-electron chi connectivity index (χ1n) is 7.22. The molecule has 114 valence electrons. The molecule has 0 amide bonds. The fraction of sp³-hybridized carbons (Fsp3) is 0.235. The summed E-state index contributed by atoms with van der Waals surface area (Å²) in [4.78, 5) is 7.84. The van der Waals surface area contributed by atoms with Crippen LogP contribution in [-0.2, 0) is 0 Å². The van der Waals surface area contributed by atoms with Crippen LogP contribution in [0.2, 0.25) is 24.8 Å². The molecule has 0 unspecified atom stereocenters. The number of hydrogen-bond acceptors (Lipinski definition) is 2. The Morgan fingerprint density at radius 2 is 1.95 bits per heavy atom. The number of halogens is 1. The molecule has 3 aromatic rings. The van der Waals surface area contributed by atoms with Gasteiger partial charge in [-0.1, -0.05) is 43.4 Å². The topological polar surface area (TPSA) is 37.9 Å². The van der Waals surface area contributed by atoms with Crippen LogP contribution in [0.15, 0.2) is 36.5 Å². The van der Waals surface area contributed by atoms with E-state index >= 15 is 0 Å². The van der Waals surface area contributed by atoms with E-state index < -0.39 is 8.07 Å². The van der Waals surface area contributed by atoms with Crippen molar-refractivity contribution in [2.45, 2.75) is 19.6 Å². The van der Waals surface area contributed by atoms with Crippen molar-refractivity contribution >= 4 is 35.9 Å². The maximum absolute atomic E-state index is 6.05. The first-order valence-corrected chi connectivity index (χ1v) is 11.1. The lowest BCUT2D eigenvalue weighted by Crippen LogP contribution is -2.39. The molecule has 2 heterocycles. The van der Waals surface area contributed by atoms with Crippen LogP contribution in [0.5, 0.6) is 5.75 Å². The summed E-state index contributed by atoms with van der Waals surface area (Å²) >= 11 is 6.05. The lowest BCUT2D eigenvalue weighted by Gasteiger charge is -2.17. The number of nitrogens with zero attached hydrogens (tertiary/aromatic N) is 1. The van der Waals surface area contributed by atoms with Gasteiger partial charge in [0, 0.05) is 22.5 Å². The standard InChI is InChI=1S/C17H19ClN2OSi/c1-21-12-7-5-6-11(8-12)16-13-10-19-15(18)9-14(13)20-17(16)22(2,3)4/h5-10,20H,1-4H3. The van der Waals surface area contributed by atoms with Crippen LogP contribution >= 0.6 is 11.6 Å². The highest BCUT2D eigenvalue weighted by Crippen LogP contribution is 2.31. The molecular weight excluding hydrogens is 312 g/mol. The molecule has 0 saturated heterocycles. The van der Waals surface area contributed by atoms with Crippen molar-refractivity contribution in [2.24, 2.45) is 0 Å². The van der Waals surface area contributed by atoms with Crippen molar-refractivity contribution in [3.63, 3.8) is 0 Å². The van der Waals surface area contributed by atoms with E-state index in [0.29, 0.717) is 5.15 Å². The third-order valence-electron chi connectivity index (χ3n) is 3.76. The summed E-state index contributed by atoms with van der Waals surface area (Å²) in [5, 5.41) is 2.92. The number of rotatable bonds is 3. The van der Waals surface area contributed by atoms with E-state index in [1.54, 1.807) is 7.11 Å². The molecule has 3 rings (SSSR count). The summed E-state index contributed by atoms with van der Waals surface area (Å²) in [5.41, 5.74) is 3.40. The average Bonchev–Trinajstić information content (AvgIpc) is 2.86. The third-order valence-corrected chi connectivity index (χ3v) is 5.84. The second kappa shape index (κ2) is 5.45. The minimum atomic E-state index is -1.56. The van der Waals surface area contributed by atoms with Gasteiger partial charge < -0.3 is 9.72 Å². The summed E-state index contributed by atoms with van der Waals surface area (Å²) in [7, 11) is 0.134. The number of nitrogens with one attached hydrogen (secondary N) is 1. The molecule has 0 radical (unpaired) electrons. The van der Waals surface area contributed by atoms with Gasteiger partial charge in [0.25, 0.3) is 0 Å². The molecule has 0 aliphatic carbocycles. The van der Waals surface area contributed by atoms with Gasteiger partial charge in [0.05, 0.1) is 20.7 Å². The maximum atomic E-state index is 6.05. The number of aromatic nitrogens is 2. The van der Waals surface area contributed by atoms with Gasteiger partial charge in [-0.15, -0.1) is 0 Å². The minimum Gasteiger partial charge on any atom is -0.497 e. The van der Waals surface area contributed by atoms with Crippen molar-refractivity contribution in [3.8, 4) is 16.9 Å². The molecule has 22 heavy (non-hydrogen) atoms. The number of benzene rings is 1. The lowest BCUT2D eigenvalue weighted by molar-refractivity contribution is 0.415. The molecule has 0 spiro atoms. The Bertz CT molecular complexity index is 836. The molecule has 0 fully saturated rings. The zero-order chi connectivity index (χ0) is 15.9. The first-order chi connectivity index (χ1) is 10.4. The number of fused-ring (bicyclic) bond motifs is 1. The zero-order valence-electron chi connectivity index (χ0n) is 13.2. The van der Waals surface area contributed by atoms with E-state index in [2.05, 4.69) is 41.7 Å². The zero-order valence-corrected chi connectivity index (χ0v) is 15.0. The quantitative estimate of drug-likeness (QED) is 0.569. The SMILES string of the molecule is COc1cccc(-c2c([Si](C)(C)C)[nH]c3cc(Cl)ncc23)c1. The van der Waals surface area contributed by atoms with Gasteiger partial charge in [-0.2, -0.15) is 0 Å². The van der Waals surface area contributed by atoms with Crippen LogP contribution in [0, 0.1) is 0 Å². The Kier molecular flexibility index (Phi) is 3.74. The summed E-state index contributed by atoms with van der Waals surface area (Å²) in [5.74, 6) is 0.857. The van der Waals surface area contributed by atoms with Gasteiger partial charge in [-0.05, 0) is 23.8 Å². The first kappa shape index (κ1) is 15.1. The van der Waals surface area contributed by atoms with E-state index in [4.69, 9.17) is 16.3 Å². The molecule has 0 atom stereocenters. The molecule has 2 aromatic heterocycles. The van der Waals surface area contributed by atoms with Crippen LogP contribution in [0.25, 0.3) is 22.0 Å². The molecular formula is C17H19ClN2OSi. The summed E-state index contributed by atoms with van der Waals surface area (Å²) < 4.78 is 5.37. The molecule has 0 aliphatic heterocycles. The summed E-state index contributed by atoms with van der Waals surface area (Å²) in [6.45, 7) is 6.99. The minimum absolute atomic E-state index is 0.507. The predicted molar refractivity (Wildman–Crippen MR) is 96.1 cm³/mol. The normalized spacial score (nSPS) is 11.9. The molecule has 0 saturated carbocycles. The van der Waals surface area contributed by atoms with Gasteiger partial charge in [0.2, 0.25) is 0 Å². The highest BCUT2D eigenvalue weighted by atomic mass is 35.5. The predicted octanol–water partition coefficient (Wildman–Crippen LogP) is 4.44. The van der Waals surface area contributed by atoms with Crippen molar-refractivity contribution in [3.05, 3.63) is 41.7 Å². The highest BCUT2D eigenvalue weighted by Gasteiger charge is 2.25. The summed E-state index contributed by atoms with van der Waals surface area (Å²) in [6.07, 6.45) is 1.85. The number of hydrogen-bond donors (Lipinski definition) is 1. The molecule has 1 N–H and O–H groups in total. The van der Waals surface area contributed by atoms with Gasteiger partial charge in [-0.3, -0.25) is 0 Å². The van der Waals surface area contributed by atoms with Crippen LogP contribution in [0.1, 0.15) is 0 Å². The number of aromatic amines is 1. The van der Waals surface area contributed by atoms with E-state index in [1.807, 2.05) is 24.4 Å². The molecule has 3 nitrogen and oxygen atoms in total. The Balaban J connectivity index is 2.34. The number of H-pyrrole nitrogens is 1. The van der Waals surface area contributed by atoms with Crippen LogP contribution < -0.4 is 10.1 Å². The van der Waals surface area contributed by atoms with E-state index in [9.17, 15) is 0 Å². The van der Waals surface area contributed by atoms with Crippen molar-refractivity contribution in [1.82, 2.24) is 9.97 Å². The van der Waals surface area contributed by atoms with E-state index in [-0.39, 0.29) is 0 Å². The van der Waals surface area contributed by atoms with E-state index in [0.717, 1.165) is 22.2 Å². The number of methoxy groups -OCH3 is 1. The van der Waals surface area contributed by atoms with Gasteiger partial charge in [-0.25, -0.2) is 4.98 Å². The van der Waals surface area contributed by atoms with Crippen LogP contribution in [0.4, 0.5) is 0 Å². The fourth-order valence-corrected chi connectivity index (χ4v) is 4.40. The van der Waals surface area contributed by atoms with Crippen molar-refractivity contribution in [1.29, 1.82) is 0 Å². The molecule has 5 heteroatoms. The highest BCUT2D eigenvalue weighted by molar-refractivity contribution is 6.89. The fourth-order valence-electron chi connectivity index (χ4n) is 2.71.